The fraction of sp³-hybridized carbons (Fsp3) is 0.200. The monoisotopic (exact) mass is 201 g/mol. The number of aliphatic imine (C=N–C) groups is 1. The third-order valence-corrected chi connectivity index (χ3v) is 2.40. The highest BCUT2D eigenvalue weighted by Crippen LogP contribution is 2.20. The molecule has 5 nitrogen and oxygen atoms in total. The van der Waals surface area contributed by atoms with E-state index in [4.69, 9.17) is 0 Å². The van der Waals surface area contributed by atoms with Gasteiger partial charge in [0, 0.05) is 11.9 Å². The molecule has 0 atom stereocenters. The minimum atomic E-state index is 0.831. The SMILES string of the molecule is c1cc(NC2=NCCN2)c2[nH]ncc2c1. The van der Waals surface area contributed by atoms with E-state index in [0.29, 0.717) is 0 Å². The van der Waals surface area contributed by atoms with Gasteiger partial charge in [-0.15, -0.1) is 0 Å². The summed E-state index contributed by atoms with van der Waals surface area (Å²) in [5, 5.41) is 14.5. The lowest BCUT2D eigenvalue weighted by Crippen LogP contribution is -2.26. The Kier molecular flexibility index (Phi) is 1.81. The number of aromatic nitrogens is 2. The van der Waals surface area contributed by atoms with E-state index < -0.39 is 0 Å². The predicted octanol–water partition coefficient (Wildman–Crippen LogP) is 0.934. The van der Waals surface area contributed by atoms with Crippen LogP contribution in [-0.4, -0.2) is 29.2 Å². The van der Waals surface area contributed by atoms with Crippen molar-refractivity contribution in [2.24, 2.45) is 4.99 Å². The van der Waals surface area contributed by atoms with Crippen LogP contribution in [0.2, 0.25) is 0 Å². The zero-order valence-corrected chi connectivity index (χ0v) is 8.12. The van der Waals surface area contributed by atoms with Crippen molar-refractivity contribution in [3.63, 3.8) is 0 Å². The molecule has 0 unspecified atom stereocenters. The second-order valence-electron chi connectivity index (χ2n) is 3.42. The summed E-state index contributed by atoms with van der Waals surface area (Å²) in [6.45, 7) is 1.74. The first-order valence-electron chi connectivity index (χ1n) is 4.91. The van der Waals surface area contributed by atoms with Crippen molar-refractivity contribution in [3.8, 4) is 0 Å². The molecule has 3 rings (SSSR count). The average molecular weight is 201 g/mol. The molecule has 15 heavy (non-hydrogen) atoms. The van der Waals surface area contributed by atoms with Crippen LogP contribution in [0.1, 0.15) is 0 Å². The number of hydrogen-bond donors (Lipinski definition) is 3. The lowest BCUT2D eigenvalue weighted by Gasteiger charge is -2.06. The highest BCUT2D eigenvalue weighted by Gasteiger charge is 2.07. The van der Waals surface area contributed by atoms with Gasteiger partial charge in [0.25, 0.3) is 0 Å². The highest BCUT2D eigenvalue weighted by atomic mass is 15.2. The second-order valence-corrected chi connectivity index (χ2v) is 3.42. The Morgan fingerprint density at radius 2 is 2.33 bits per heavy atom. The van der Waals surface area contributed by atoms with Crippen LogP contribution >= 0.6 is 0 Å². The molecule has 0 radical (unpaired) electrons. The van der Waals surface area contributed by atoms with Gasteiger partial charge in [0.2, 0.25) is 0 Å². The topological polar surface area (TPSA) is 65.1 Å². The summed E-state index contributed by atoms with van der Waals surface area (Å²) in [6, 6.07) is 6.02. The summed E-state index contributed by atoms with van der Waals surface area (Å²) in [5.74, 6) is 0.831. The van der Waals surface area contributed by atoms with Crippen LogP contribution in [0, 0.1) is 0 Å². The Morgan fingerprint density at radius 3 is 3.20 bits per heavy atom. The molecule has 3 N–H and O–H groups in total. The predicted molar refractivity (Wildman–Crippen MR) is 60.0 cm³/mol. The maximum absolute atomic E-state index is 4.28. The van der Waals surface area contributed by atoms with E-state index in [1.54, 1.807) is 0 Å². The fourth-order valence-electron chi connectivity index (χ4n) is 1.68. The second kappa shape index (κ2) is 3.27. The Hall–Kier alpha value is -2.04. The third-order valence-electron chi connectivity index (χ3n) is 2.40. The van der Waals surface area contributed by atoms with Crippen LogP contribution in [0.3, 0.4) is 0 Å². The van der Waals surface area contributed by atoms with Crippen molar-refractivity contribution >= 4 is 22.5 Å². The van der Waals surface area contributed by atoms with Gasteiger partial charge < -0.3 is 10.6 Å². The van der Waals surface area contributed by atoms with E-state index in [-0.39, 0.29) is 0 Å². The van der Waals surface area contributed by atoms with Crippen molar-refractivity contribution in [2.45, 2.75) is 0 Å². The van der Waals surface area contributed by atoms with Crippen LogP contribution in [0.4, 0.5) is 5.69 Å². The average Bonchev–Trinajstić information content (AvgIpc) is 2.87. The van der Waals surface area contributed by atoms with Crippen molar-refractivity contribution in [2.75, 3.05) is 18.4 Å². The van der Waals surface area contributed by atoms with Crippen molar-refractivity contribution in [1.82, 2.24) is 15.5 Å². The van der Waals surface area contributed by atoms with E-state index in [1.807, 2.05) is 24.4 Å². The molecule has 1 aliphatic heterocycles. The maximum Gasteiger partial charge on any atom is 0.195 e. The number of anilines is 1. The van der Waals surface area contributed by atoms with Gasteiger partial charge in [-0.1, -0.05) is 12.1 Å². The number of benzene rings is 1. The molecule has 0 aliphatic carbocycles. The first-order chi connectivity index (χ1) is 7.43. The van der Waals surface area contributed by atoms with Gasteiger partial charge in [-0.3, -0.25) is 10.1 Å². The van der Waals surface area contributed by atoms with Gasteiger partial charge in [-0.05, 0) is 6.07 Å². The summed E-state index contributed by atoms with van der Waals surface area (Å²) in [5.41, 5.74) is 2.01. The van der Waals surface area contributed by atoms with Crippen LogP contribution in [-0.2, 0) is 0 Å². The molecule has 0 fully saturated rings. The Balaban J connectivity index is 1.99. The number of rotatable bonds is 1. The molecular weight excluding hydrogens is 190 g/mol. The van der Waals surface area contributed by atoms with Crippen LogP contribution < -0.4 is 10.6 Å². The lowest BCUT2D eigenvalue weighted by atomic mass is 10.2. The Morgan fingerprint density at radius 1 is 1.33 bits per heavy atom. The van der Waals surface area contributed by atoms with Crippen molar-refractivity contribution in [3.05, 3.63) is 24.4 Å². The molecule has 0 spiro atoms. The molecule has 2 heterocycles. The van der Waals surface area contributed by atoms with Crippen LogP contribution in [0.15, 0.2) is 29.4 Å². The minimum absolute atomic E-state index is 0.831. The number of H-pyrrole nitrogens is 1. The largest absolute Gasteiger partial charge is 0.354 e. The van der Waals surface area contributed by atoms with E-state index in [2.05, 4.69) is 25.8 Å². The molecule has 1 aromatic carbocycles. The van der Waals surface area contributed by atoms with Crippen LogP contribution in [0.25, 0.3) is 10.9 Å². The molecule has 1 aliphatic rings. The van der Waals surface area contributed by atoms with Gasteiger partial charge in [0.05, 0.1) is 23.9 Å². The van der Waals surface area contributed by atoms with E-state index in [0.717, 1.165) is 35.6 Å². The third kappa shape index (κ3) is 1.41. The number of guanidine groups is 1. The standard InChI is InChI=1S/C10H11N5/c1-2-7-6-13-15-9(7)8(3-1)14-10-11-4-5-12-10/h1-3,6H,4-5H2,(H,13,15)(H2,11,12,14). The Labute approximate surface area is 86.6 Å². The van der Waals surface area contributed by atoms with E-state index >= 15 is 0 Å². The molecule has 76 valence electrons. The lowest BCUT2D eigenvalue weighted by molar-refractivity contribution is 0.959. The van der Waals surface area contributed by atoms with Gasteiger partial charge in [0.1, 0.15) is 0 Å². The van der Waals surface area contributed by atoms with E-state index in [9.17, 15) is 0 Å². The highest BCUT2D eigenvalue weighted by molar-refractivity contribution is 6.02. The normalized spacial score (nSPS) is 15.1. The number of hydrogen-bond acceptors (Lipinski definition) is 4. The van der Waals surface area contributed by atoms with Gasteiger partial charge in [-0.2, -0.15) is 5.10 Å². The summed E-state index contributed by atoms with van der Waals surface area (Å²) in [4.78, 5) is 4.28. The number of para-hydroxylation sites is 1. The van der Waals surface area contributed by atoms with Crippen molar-refractivity contribution < 1.29 is 0 Å². The molecule has 5 heteroatoms. The first kappa shape index (κ1) is 8.28. The minimum Gasteiger partial charge on any atom is -0.354 e. The van der Waals surface area contributed by atoms with Crippen molar-refractivity contribution in [1.29, 1.82) is 0 Å². The molecular formula is C10H11N5. The molecule has 0 saturated carbocycles. The fourth-order valence-corrected chi connectivity index (χ4v) is 1.68. The number of aromatic amines is 1. The molecule has 2 aromatic rings. The molecule has 0 bridgehead atoms. The summed E-state index contributed by atoms with van der Waals surface area (Å²) in [7, 11) is 0. The first-order valence-corrected chi connectivity index (χ1v) is 4.91. The quantitative estimate of drug-likeness (QED) is 0.643. The number of nitrogens with one attached hydrogen (secondary N) is 3. The molecule has 0 amide bonds. The van der Waals surface area contributed by atoms with Gasteiger partial charge in [-0.25, -0.2) is 0 Å². The van der Waals surface area contributed by atoms with Crippen LogP contribution in [0.5, 0.6) is 0 Å². The smallest absolute Gasteiger partial charge is 0.195 e. The molecule has 0 saturated heterocycles. The zero-order chi connectivity index (χ0) is 10.1. The number of nitrogens with zero attached hydrogens (tertiary/aromatic N) is 2. The Bertz CT molecular complexity index is 513. The summed E-state index contributed by atoms with van der Waals surface area (Å²) >= 11 is 0. The zero-order valence-electron chi connectivity index (χ0n) is 8.12. The maximum atomic E-state index is 4.28. The molecule has 1 aromatic heterocycles. The van der Waals surface area contributed by atoms with Gasteiger partial charge in [0.15, 0.2) is 5.96 Å². The summed E-state index contributed by atoms with van der Waals surface area (Å²) < 4.78 is 0. The van der Waals surface area contributed by atoms with Gasteiger partial charge >= 0.3 is 0 Å². The summed E-state index contributed by atoms with van der Waals surface area (Å²) in [6.07, 6.45) is 1.81. The number of fused-ring (bicyclic) bond motifs is 1. The van der Waals surface area contributed by atoms with E-state index in [1.165, 1.54) is 0 Å².